The number of aryl methyl sites for hydroxylation is 2. The molecule has 0 radical (unpaired) electrons. The summed E-state index contributed by atoms with van der Waals surface area (Å²) in [5.74, 6) is -0.106. The average Bonchev–Trinajstić information content (AvgIpc) is 2.50. The molecule has 0 aliphatic heterocycles. The van der Waals surface area contributed by atoms with Gasteiger partial charge in [-0.05, 0) is 42.5 Å². The minimum absolute atomic E-state index is 0.106. The van der Waals surface area contributed by atoms with E-state index in [4.69, 9.17) is 0 Å². The van der Waals surface area contributed by atoms with Gasteiger partial charge in [-0.3, -0.25) is 9.78 Å². The van der Waals surface area contributed by atoms with Crippen LogP contribution in [0.3, 0.4) is 0 Å². The van der Waals surface area contributed by atoms with Gasteiger partial charge in [0, 0.05) is 29.0 Å². The summed E-state index contributed by atoms with van der Waals surface area (Å²) < 4.78 is 0. The lowest BCUT2D eigenvalue weighted by molar-refractivity contribution is 0.102. The van der Waals surface area contributed by atoms with Crippen LogP contribution in [0.2, 0.25) is 0 Å². The van der Waals surface area contributed by atoms with Crippen LogP contribution in [0.1, 0.15) is 21.5 Å². The first kappa shape index (κ1) is 13.3. The zero-order valence-electron chi connectivity index (χ0n) is 12.1. The second-order valence-corrected chi connectivity index (χ2v) is 5.12. The molecule has 3 aromatic rings. The smallest absolute Gasteiger partial charge is 0.256 e. The molecule has 2 aromatic carbocycles. The number of benzene rings is 2. The third-order valence-corrected chi connectivity index (χ3v) is 3.65. The number of carbonyl (C=O) groups is 1. The zero-order valence-corrected chi connectivity index (χ0v) is 12.1. The van der Waals surface area contributed by atoms with Gasteiger partial charge in [-0.25, -0.2) is 0 Å². The van der Waals surface area contributed by atoms with E-state index < -0.39 is 0 Å². The minimum Gasteiger partial charge on any atom is -0.321 e. The quantitative estimate of drug-likeness (QED) is 0.765. The number of fused-ring (bicyclic) bond motifs is 1. The van der Waals surface area contributed by atoms with Crippen LogP contribution in [-0.2, 0) is 0 Å². The molecule has 1 heterocycles. The number of rotatable bonds is 2. The normalized spacial score (nSPS) is 10.6. The van der Waals surface area contributed by atoms with Crippen LogP contribution in [-0.4, -0.2) is 10.9 Å². The van der Waals surface area contributed by atoms with Crippen molar-refractivity contribution in [2.45, 2.75) is 13.8 Å². The van der Waals surface area contributed by atoms with Crippen molar-refractivity contribution in [1.29, 1.82) is 0 Å². The van der Waals surface area contributed by atoms with Crippen molar-refractivity contribution in [3.8, 4) is 0 Å². The summed E-state index contributed by atoms with van der Waals surface area (Å²) in [4.78, 5) is 16.7. The van der Waals surface area contributed by atoms with E-state index in [0.29, 0.717) is 5.56 Å². The fraction of sp³-hybridized carbons (Fsp3) is 0.111. The summed E-state index contributed by atoms with van der Waals surface area (Å²) >= 11 is 0. The highest BCUT2D eigenvalue weighted by molar-refractivity contribution is 6.13. The topological polar surface area (TPSA) is 42.0 Å². The molecule has 0 saturated carbocycles. The molecule has 3 rings (SSSR count). The van der Waals surface area contributed by atoms with Crippen molar-refractivity contribution in [2.75, 3.05) is 5.32 Å². The Morgan fingerprint density at radius 3 is 2.48 bits per heavy atom. The molecule has 1 amide bonds. The number of nitrogens with zero attached hydrogens (tertiary/aromatic N) is 1. The minimum atomic E-state index is -0.106. The summed E-state index contributed by atoms with van der Waals surface area (Å²) in [6.45, 7) is 3.99. The van der Waals surface area contributed by atoms with Gasteiger partial charge in [0.2, 0.25) is 0 Å². The van der Waals surface area contributed by atoms with Gasteiger partial charge in [0.25, 0.3) is 5.91 Å². The number of carbonyl (C=O) groups excluding carboxylic acids is 1. The molecule has 3 heteroatoms. The summed E-state index contributed by atoms with van der Waals surface area (Å²) in [6, 6.07) is 13.6. The van der Waals surface area contributed by atoms with Crippen molar-refractivity contribution < 1.29 is 4.79 Å². The van der Waals surface area contributed by atoms with Gasteiger partial charge in [-0.15, -0.1) is 0 Å². The molecule has 0 bridgehead atoms. The molecule has 0 saturated heterocycles. The zero-order chi connectivity index (χ0) is 14.8. The SMILES string of the molecule is Cc1cccc(C)c1NC(=O)c1cccc2ccncc12. The van der Waals surface area contributed by atoms with Crippen molar-refractivity contribution >= 4 is 22.4 Å². The third-order valence-electron chi connectivity index (χ3n) is 3.65. The monoisotopic (exact) mass is 276 g/mol. The van der Waals surface area contributed by atoms with E-state index in [1.54, 1.807) is 12.4 Å². The van der Waals surface area contributed by atoms with Gasteiger partial charge >= 0.3 is 0 Å². The predicted molar refractivity (Wildman–Crippen MR) is 85.6 cm³/mol. The molecule has 0 aliphatic rings. The first-order chi connectivity index (χ1) is 10.2. The standard InChI is InChI=1S/C18H16N2O/c1-12-5-3-6-13(2)17(12)20-18(21)15-8-4-7-14-9-10-19-11-16(14)15/h3-11H,1-2H3,(H,20,21). The number of hydrogen-bond donors (Lipinski definition) is 1. The van der Waals surface area contributed by atoms with Crippen LogP contribution >= 0.6 is 0 Å². The van der Waals surface area contributed by atoms with Crippen molar-refractivity contribution in [3.63, 3.8) is 0 Å². The van der Waals surface area contributed by atoms with E-state index in [9.17, 15) is 4.79 Å². The fourth-order valence-corrected chi connectivity index (χ4v) is 2.50. The summed E-state index contributed by atoms with van der Waals surface area (Å²) in [5, 5.41) is 4.90. The maximum atomic E-state index is 12.6. The van der Waals surface area contributed by atoms with Gasteiger partial charge < -0.3 is 5.32 Å². The Hall–Kier alpha value is -2.68. The van der Waals surface area contributed by atoms with Crippen LogP contribution < -0.4 is 5.32 Å². The van der Waals surface area contributed by atoms with Gasteiger partial charge in [0.15, 0.2) is 0 Å². The van der Waals surface area contributed by atoms with Crippen molar-refractivity contribution in [2.24, 2.45) is 0 Å². The third kappa shape index (κ3) is 2.50. The Labute approximate surface area is 123 Å². The predicted octanol–water partition coefficient (Wildman–Crippen LogP) is 4.10. The van der Waals surface area contributed by atoms with Crippen LogP contribution in [0.25, 0.3) is 10.8 Å². The highest BCUT2D eigenvalue weighted by Crippen LogP contribution is 2.22. The molecule has 104 valence electrons. The summed E-state index contributed by atoms with van der Waals surface area (Å²) in [7, 11) is 0. The molecule has 3 nitrogen and oxygen atoms in total. The van der Waals surface area contributed by atoms with E-state index in [2.05, 4.69) is 10.3 Å². The number of amides is 1. The first-order valence-electron chi connectivity index (χ1n) is 6.87. The molecule has 0 aliphatic carbocycles. The summed E-state index contributed by atoms with van der Waals surface area (Å²) in [5.41, 5.74) is 3.63. The molecule has 0 unspecified atom stereocenters. The Morgan fingerprint density at radius 1 is 1.00 bits per heavy atom. The Morgan fingerprint density at radius 2 is 1.71 bits per heavy atom. The summed E-state index contributed by atoms with van der Waals surface area (Å²) in [6.07, 6.45) is 3.46. The van der Waals surface area contributed by atoms with E-state index in [1.807, 2.05) is 56.3 Å². The largest absolute Gasteiger partial charge is 0.321 e. The highest BCUT2D eigenvalue weighted by Gasteiger charge is 2.12. The lowest BCUT2D eigenvalue weighted by Crippen LogP contribution is -2.14. The van der Waals surface area contributed by atoms with E-state index >= 15 is 0 Å². The number of anilines is 1. The molecule has 1 N–H and O–H groups in total. The fourth-order valence-electron chi connectivity index (χ4n) is 2.50. The lowest BCUT2D eigenvalue weighted by Gasteiger charge is -2.12. The van der Waals surface area contributed by atoms with E-state index in [-0.39, 0.29) is 5.91 Å². The van der Waals surface area contributed by atoms with Gasteiger partial charge in [-0.2, -0.15) is 0 Å². The second kappa shape index (κ2) is 5.37. The van der Waals surface area contributed by atoms with Crippen LogP contribution in [0.4, 0.5) is 5.69 Å². The molecule has 1 aromatic heterocycles. The van der Waals surface area contributed by atoms with Crippen molar-refractivity contribution in [3.05, 3.63) is 71.5 Å². The molecule has 21 heavy (non-hydrogen) atoms. The molecular formula is C18H16N2O. The van der Waals surface area contributed by atoms with Gasteiger partial charge in [-0.1, -0.05) is 30.3 Å². The van der Waals surface area contributed by atoms with Crippen molar-refractivity contribution in [1.82, 2.24) is 4.98 Å². The van der Waals surface area contributed by atoms with Crippen LogP contribution in [0.15, 0.2) is 54.9 Å². The lowest BCUT2D eigenvalue weighted by atomic mass is 10.0. The van der Waals surface area contributed by atoms with Gasteiger partial charge in [0.1, 0.15) is 0 Å². The number of nitrogens with one attached hydrogen (secondary N) is 1. The number of pyridine rings is 1. The molecule has 0 fully saturated rings. The second-order valence-electron chi connectivity index (χ2n) is 5.12. The maximum absolute atomic E-state index is 12.6. The Kier molecular flexibility index (Phi) is 3.40. The van der Waals surface area contributed by atoms with E-state index in [1.165, 1.54) is 0 Å². The molecular weight excluding hydrogens is 260 g/mol. The van der Waals surface area contributed by atoms with E-state index in [0.717, 1.165) is 27.6 Å². The Bertz CT molecular complexity index is 799. The molecule has 0 atom stereocenters. The average molecular weight is 276 g/mol. The first-order valence-corrected chi connectivity index (χ1v) is 6.87. The maximum Gasteiger partial charge on any atom is 0.256 e. The van der Waals surface area contributed by atoms with Crippen LogP contribution in [0.5, 0.6) is 0 Å². The molecule has 0 spiro atoms. The number of para-hydroxylation sites is 1. The highest BCUT2D eigenvalue weighted by atomic mass is 16.1. The van der Waals surface area contributed by atoms with Crippen LogP contribution in [0, 0.1) is 13.8 Å². The Balaban J connectivity index is 2.02. The van der Waals surface area contributed by atoms with Gasteiger partial charge in [0.05, 0.1) is 0 Å². The number of hydrogen-bond acceptors (Lipinski definition) is 2. The number of aromatic nitrogens is 1.